The van der Waals surface area contributed by atoms with E-state index in [1.807, 2.05) is 13.0 Å². The van der Waals surface area contributed by atoms with E-state index >= 15 is 0 Å². The second-order valence-electron chi connectivity index (χ2n) is 5.63. The van der Waals surface area contributed by atoms with Crippen LogP contribution in [0.2, 0.25) is 5.02 Å². The fraction of sp³-hybridized carbons (Fsp3) is 0.562. The van der Waals surface area contributed by atoms with Crippen LogP contribution in [-0.2, 0) is 4.74 Å². The summed E-state index contributed by atoms with van der Waals surface area (Å²) in [6, 6.07) is 5.31. The Morgan fingerprint density at radius 3 is 2.95 bits per heavy atom. The fourth-order valence-corrected chi connectivity index (χ4v) is 3.03. The molecule has 1 amide bonds. The monoisotopic (exact) mass is 327 g/mol. The lowest BCUT2D eigenvalue weighted by molar-refractivity contribution is -0.0243. The van der Waals surface area contributed by atoms with Gasteiger partial charge in [-0.25, -0.2) is 4.79 Å². The van der Waals surface area contributed by atoms with Crippen molar-refractivity contribution in [1.82, 2.24) is 4.90 Å². The molecule has 6 heteroatoms. The van der Waals surface area contributed by atoms with Gasteiger partial charge in [0.15, 0.2) is 0 Å². The SMILES string of the molecule is Cc1ccc(Cl)cc1[C@H](CO)OCC1CCCCN1C(=O)O. The second-order valence-corrected chi connectivity index (χ2v) is 6.07. The zero-order valence-electron chi connectivity index (χ0n) is 12.7. The first-order valence-electron chi connectivity index (χ1n) is 7.51. The number of hydrogen-bond acceptors (Lipinski definition) is 3. The van der Waals surface area contributed by atoms with Gasteiger partial charge < -0.3 is 19.8 Å². The first kappa shape index (κ1) is 17.1. The Balaban J connectivity index is 2.04. The van der Waals surface area contributed by atoms with Crippen molar-refractivity contribution in [2.24, 2.45) is 0 Å². The van der Waals surface area contributed by atoms with E-state index < -0.39 is 12.2 Å². The third-order valence-corrected chi connectivity index (χ3v) is 4.35. The molecule has 1 unspecified atom stereocenters. The minimum atomic E-state index is -0.909. The summed E-state index contributed by atoms with van der Waals surface area (Å²) in [4.78, 5) is 12.7. The molecule has 0 aliphatic carbocycles. The van der Waals surface area contributed by atoms with Crippen LogP contribution in [0.3, 0.4) is 0 Å². The summed E-state index contributed by atoms with van der Waals surface area (Å²) in [5, 5.41) is 19.4. The van der Waals surface area contributed by atoms with Gasteiger partial charge in [0.2, 0.25) is 0 Å². The Kier molecular flexibility index (Phi) is 6.06. The molecule has 1 fully saturated rings. The molecule has 0 bridgehead atoms. The highest BCUT2D eigenvalue weighted by Gasteiger charge is 2.27. The average Bonchev–Trinajstić information content (AvgIpc) is 2.51. The molecule has 2 rings (SSSR count). The molecule has 0 saturated carbocycles. The molecule has 1 saturated heterocycles. The molecule has 1 heterocycles. The highest BCUT2D eigenvalue weighted by Crippen LogP contribution is 2.26. The van der Waals surface area contributed by atoms with Crippen molar-refractivity contribution < 1.29 is 19.7 Å². The summed E-state index contributed by atoms with van der Waals surface area (Å²) in [6.45, 7) is 2.59. The van der Waals surface area contributed by atoms with Gasteiger partial charge in [-0.3, -0.25) is 0 Å². The van der Waals surface area contributed by atoms with Crippen LogP contribution in [0.5, 0.6) is 0 Å². The van der Waals surface area contributed by atoms with E-state index in [-0.39, 0.29) is 19.3 Å². The van der Waals surface area contributed by atoms with Gasteiger partial charge in [0, 0.05) is 11.6 Å². The van der Waals surface area contributed by atoms with Gasteiger partial charge in [-0.05, 0) is 49.4 Å². The Hall–Kier alpha value is -1.30. The Morgan fingerprint density at radius 1 is 1.50 bits per heavy atom. The van der Waals surface area contributed by atoms with Crippen molar-refractivity contribution in [2.45, 2.75) is 38.3 Å². The molecule has 0 aromatic heterocycles. The molecule has 1 aliphatic heterocycles. The maximum absolute atomic E-state index is 11.3. The smallest absolute Gasteiger partial charge is 0.407 e. The third kappa shape index (κ3) is 4.12. The molecule has 0 spiro atoms. The summed E-state index contributed by atoms with van der Waals surface area (Å²) in [7, 11) is 0. The predicted molar refractivity (Wildman–Crippen MR) is 84.3 cm³/mol. The van der Waals surface area contributed by atoms with Gasteiger partial charge in [-0.15, -0.1) is 0 Å². The molecule has 122 valence electrons. The summed E-state index contributed by atoms with van der Waals surface area (Å²) in [5.41, 5.74) is 1.83. The first-order valence-corrected chi connectivity index (χ1v) is 7.88. The number of ether oxygens (including phenoxy) is 1. The lowest BCUT2D eigenvalue weighted by Crippen LogP contribution is -2.45. The number of amides is 1. The summed E-state index contributed by atoms with van der Waals surface area (Å²) < 4.78 is 5.82. The van der Waals surface area contributed by atoms with Gasteiger partial charge in [0.05, 0.1) is 19.3 Å². The highest BCUT2D eigenvalue weighted by molar-refractivity contribution is 6.30. The molecule has 2 N–H and O–H groups in total. The minimum Gasteiger partial charge on any atom is -0.465 e. The Labute approximate surface area is 135 Å². The van der Waals surface area contributed by atoms with Crippen molar-refractivity contribution in [1.29, 1.82) is 0 Å². The number of hydrogen-bond donors (Lipinski definition) is 2. The molecular weight excluding hydrogens is 306 g/mol. The zero-order chi connectivity index (χ0) is 16.1. The summed E-state index contributed by atoms with van der Waals surface area (Å²) >= 11 is 6.01. The number of piperidine rings is 1. The average molecular weight is 328 g/mol. The molecule has 1 aromatic carbocycles. The van der Waals surface area contributed by atoms with E-state index in [4.69, 9.17) is 16.3 Å². The number of aliphatic hydroxyl groups excluding tert-OH is 1. The number of halogens is 1. The van der Waals surface area contributed by atoms with E-state index in [1.165, 1.54) is 4.90 Å². The lowest BCUT2D eigenvalue weighted by Gasteiger charge is -2.34. The van der Waals surface area contributed by atoms with Crippen molar-refractivity contribution >= 4 is 17.7 Å². The van der Waals surface area contributed by atoms with Crippen LogP contribution >= 0.6 is 11.6 Å². The predicted octanol–water partition coefficient (Wildman–Crippen LogP) is 3.23. The normalized spacial score (nSPS) is 20.0. The van der Waals surface area contributed by atoms with Crippen LogP contribution in [0.1, 0.15) is 36.5 Å². The van der Waals surface area contributed by atoms with Crippen LogP contribution in [0.4, 0.5) is 4.79 Å². The molecule has 2 atom stereocenters. The van der Waals surface area contributed by atoms with Gasteiger partial charge in [0.25, 0.3) is 0 Å². The molecule has 1 aromatic rings. The summed E-state index contributed by atoms with van der Waals surface area (Å²) in [5.74, 6) is 0. The fourth-order valence-electron chi connectivity index (χ4n) is 2.85. The van der Waals surface area contributed by atoms with Crippen LogP contribution in [0.25, 0.3) is 0 Å². The van der Waals surface area contributed by atoms with Crippen LogP contribution in [0, 0.1) is 6.92 Å². The lowest BCUT2D eigenvalue weighted by atomic mass is 10.0. The maximum atomic E-state index is 11.3. The van der Waals surface area contributed by atoms with Crippen LogP contribution in [-0.4, -0.2) is 47.0 Å². The van der Waals surface area contributed by atoms with E-state index in [0.29, 0.717) is 11.6 Å². The second kappa shape index (κ2) is 7.81. The van der Waals surface area contributed by atoms with E-state index in [2.05, 4.69) is 0 Å². The molecular formula is C16H22ClNO4. The van der Waals surface area contributed by atoms with Gasteiger partial charge in [0.1, 0.15) is 6.10 Å². The number of carbonyl (C=O) groups is 1. The Bertz CT molecular complexity index is 523. The zero-order valence-corrected chi connectivity index (χ0v) is 13.4. The number of aryl methyl sites for hydroxylation is 1. The number of likely N-dealkylation sites (tertiary alicyclic amines) is 1. The van der Waals surface area contributed by atoms with E-state index in [0.717, 1.165) is 30.4 Å². The molecule has 0 radical (unpaired) electrons. The number of aliphatic hydroxyl groups is 1. The molecule has 5 nitrogen and oxygen atoms in total. The maximum Gasteiger partial charge on any atom is 0.407 e. The topological polar surface area (TPSA) is 70.0 Å². The van der Waals surface area contributed by atoms with Crippen molar-refractivity contribution in [2.75, 3.05) is 19.8 Å². The number of nitrogens with zero attached hydrogens (tertiary/aromatic N) is 1. The third-order valence-electron chi connectivity index (χ3n) is 4.12. The van der Waals surface area contributed by atoms with Crippen molar-refractivity contribution in [3.63, 3.8) is 0 Å². The number of rotatable bonds is 5. The minimum absolute atomic E-state index is 0.153. The first-order chi connectivity index (χ1) is 10.5. The highest BCUT2D eigenvalue weighted by atomic mass is 35.5. The summed E-state index contributed by atoms with van der Waals surface area (Å²) in [6.07, 6.45) is 1.28. The van der Waals surface area contributed by atoms with Crippen molar-refractivity contribution in [3.8, 4) is 0 Å². The Morgan fingerprint density at radius 2 is 2.27 bits per heavy atom. The van der Waals surface area contributed by atoms with E-state index in [1.54, 1.807) is 12.1 Å². The largest absolute Gasteiger partial charge is 0.465 e. The molecule has 1 aliphatic rings. The van der Waals surface area contributed by atoms with Gasteiger partial charge in [-0.2, -0.15) is 0 Å². The van der Waals surface area contributed by atoms with Gasteiger partial charge >= 0.3 is 6.09 Å². The van der Waals surface area contributed by atoms with Crippen LogP contribution in [0.15, 0.2) is 18.2 Å². The van der Waals surface area contributed by atoms with Crippen LogP contribution < -0.4 is 0 Å². The van der Waals surface area contributed by atoms with Crippen molar-refractivity contribution in [3.05, 3.63) is 34.3 Å². The number of benzene rings is 1. The standard InChI is InChI=1S/C16H22ClNO4/c1-11-5-6-12(17)8-14(11)15(9-19)22-10-13-4-2-3-7-18(13)16(20)21/h5-6,8,13,15,19H,2-4,7,9-10H2,1H3,(H,20,21)/t13?,15-/m0/s1. The quantitative estimate of drug-likeness (QED) is 0.871. The molecule has 22 heavy (non-hydrogen) atoms. The van der Waals surface area contributed by atoms with Gasteiger partial charge in [-0.1, -0.05) is 17.7 Å². The number of carboxylic acid groups (broad SMARTS) is 1. The van der Waals surface area contributed by atoms with E-state index in [9.17, 15) is 15.0 Å².